The zero-order valence-corrected chi connectivity index (χ0v) is 19.3. The highest BCUT2D eigenvalue weighted by molar-refractivity contribution is 6.11. The van der Waals surface area contributed by atoms with E-state index in [1.165, 1.54) is 25.3 Å². The van der Waals surface area contributed by atoms with E-state index in [1.54, 1.807) is 12.3 Å². The lowest BCUT2D eigenvalue weighted by molar-refractivity contribution is -0.128. The second kappa shape index (κ2) is 10.1. The van der Waals surface area contributed by atoms with Crippen molar-refractivity contribution in [2.45, 2.75) is 39.0 Å². The van der Waals surface area contributed by atoms with Crippen molar-refractivity contribution in [2.75, 3.05) is 20.2 Å². The van der Waals surface area contributed by atoms with Crippen molar-refractivity contribution in [1.29, 1.82) is 5.26 Å². The molecule has 2 aromatic rings. The van der Waals surface area contributed by atoms with E-state index in [0.29, 0.717) is 48.5 Å². The summed E-state index contributed by atoms with van der Waals surface area (Å²) >= 11 is 0. The van der Waals surface area contributed by atoms with Crippen molar-refractivity contribution >= 4 is 11.6 Å². The van der Waals surface area contributed by atoms with E-state index in [1.807, 2.05) is 17.9 Å². The zero-order chi connectivity index (χ0) is 24.2. The molecule has 0 N–H and O–H groups in total. The Bertz CT molecular complexity index is 1210. The van der Waals surface area contributed by atoms with Gasteiger partial charge in [0.15, 0.2) is 5.82 Å². The van der Waals surface area contributed by atoms with Gasteiger partial charge in [0.25, 0.3) is 5.91 Å². The van der Waals surface area contributed by atoms with E-state index >= 15 is 0 Å². The van der Waals surface area contributed by atoms with Crippen LogP contribution in [0.25, 0.3) is 0 Å². The van der Waals surface area contributed by atoms with Gasteiger partial charge >= 0.3 is 0 Å². The number of aliphatic imine (C=N–C) groups is 1. The Kier molecular flexibility index (Phi) is 7.01. The topological polar surface area (TPSA) is 78.6 Å². The van der Waals surface area contributed by atoms with Crippen molar-refractivity contribution < 1.29 is 18.3 Å². The lowest BCUT2D eigenvalue weighted by Crippen LogP contribution is -2.36. The molecule has 176 valence electrons. The Morgan fingerprint density at radius 1 is 1.21 bits per heavy atom. The summed E-state index contributed by atoms with van der Waals surface area (Å²) < 4.78 is 33.4. The molecule has 1 aromatic carbocycles. The maximum Gasteiger partial charge on any atom is 0.272 e. The van der Waals surface area contributed by atoms with Crippen molar-refractivity contribution in [1.82, 2.24) is 9.88 Å². The van der Waals surface area contributed by atoms with Gasteiger partial charge in [0, 0.05) is 25.2 Å². The van der Waals surface area contributed by atoms with Crippen LogP contribution in [0.3, 0.4) is 0 Å². The number of aromatic nitrogens is 1. The number of rotatable bonds is 6. The minimum Gasteiger partial charge on any atom is -0.479 e. The number of ether oxygens (including phenoxy) is 1. The van der Waals surface area contributed by atoms with Gasteiger partial charge in [-0.05, 0) is 73.9 Å². The Balaban J connectivity index is 1.65. The number of carbonyl (C=O) groups excluding carboxylic acids is 1. The Morgan fingerprint density at radius 3 is 2.62 bits per heavy atom. The number of likely N-dealkylation sites (tertiary alicyclic amines) is 1. The second-order valence-electron chi connectivity index (χ2n) is 8.61. The highest BCUT2D eigenvalue weighted by atomic mass is 19.1. The molecule has 34 heavy (non-hydrogen) atoms. The number of pyridine rings is 1. The molecule has 0 radical (unpaired) electrons. The van der Waals surface area contributed by atoms with Gasteiger partial charge in [0.2, 0.25) is 5.88 Å². The largest absolute Gasteiger partial charge is 0.479 e. The van der Waals surface area contributed by atoms with Crippen LogP contribution in [0.5, 0.6) is 5.88 Å². The number of benzene rings is 1. The average Bonchev–Trinajstić information content (AvgIpc) is 3.18. The number of amides is 1. The van der Waals surface area contributed by atoms with Crippen LogP contribution < -0.4 is 4.74 Å². The first-order valence-electron chi connectivity index (χ1n) is 11.4. The molecule has 0 saturated carbocycles. The summed E-state index contributed by atoms with van der Waals surface area (Å²) in [6, 6.07) is 7.58. The highest BCUT2D eigenvalue weighted by Crippen LogP contribution is 2.34. The maximum atomic E-state index is 14.4. The molecule has 1 aromatic heterocycles. The predicted molar refractivity (Wildman–Crippen MR) is 123 cm³/mol. The van der Waals surface area contributed by atoms with Gasteiger partial charge in [-0.25, -0.2) is 18.8 Å². The number of hydrogen-bond donors (Lipinski definition) is 0. The lowest BCUT2D eigenvalue weighted by Gasteiger charge is -2.26. The molecule has 6 nitrogen and oxygen atoms in total. The van der Waals surface area contributed by atoms with E-state index in [4.69, 9.17) is 15.0 Å². The Hall–Kier alpha value is -3.60. The Morgan fingerprint density at radius 2 is 1.97 bits per heavy atom. The molecule has 1 saturated heterocycles. The number of carbonyl (C=O) groups is 1. The molecule has 3 heterocycles. The van der Waals surface area contributed by atoms with E-state index in [0.717, 1.165) is 24.8 Å². The standard InChI is InChI=1S/C26H26F2N4O2/c1-16-20(9-6-17-12-22(28)25(34-2)30-15-17)24(18-7-8-19(14-29)21(27)13-18)31-23(16)26(33)32-10-4-3-5-11-32/h7-8,12-13,15,20H,3-6,9-11H2,1-2H3. The molecule has 8 heteroatoms. The maximum absolute atomic E-state index is 14.4. The first kappa shape index (κ1) is 23.6. The monoisotopic (exact) mass is 464 g/mol. The summed E-state index contributed by atoms with van der Waals surface area (Å²) in [5, 5.41) is 9.07. The average molecular weight is 465 g/mol. The van der Waals surface area contributed by atoms with Gasteiger partial charge in [0.05, 0.1) is 18.4 Å². The molecule has 4 rings (SSSR count). The smallest absolute Gasteiger partial charge is 0.272 e. The first-order valence-corrected chi connectivity index (χ1v) is 11.4. The SMILES string of the molecule is COc1ncc(CCC2C(c3ccc(C#N)c(F)c3)=NC(C(=O)N3CCCCC3)=C2C)cc1F. The molecule has 0 bridgehead atoms. The van der Waals surface area contributed by atoms with Crippen LogP contribution in [0.1, 0.15) is 49.3 Å². The van der Waals surface area contributed by atoms with Crippen LogP contribution in [0.2, 0.25) is 0 Å². The van der Waals surface area contributed by atoms with Crippen LogP contribution in [-0.2, 0) is 11.2 Å². The fourth-order valence-corrected chi connectivity index (χ4v) is 4.57. The molecule has 1 unspecified atom stereocenters. The third-order valence-electron chi connectivity index (χ3n) is 6.47. The van der Waals surface area contributed by atoms with Crippen molar-refractivity contribution in [3.63, 3.8) is 0 Å². The van der Waals surface area contributed by atoms with Gasteiger partial charge < -0.3 is 9.64 Å². The Labute approximate surface area is 197 Å². The number of allylic oxidation sites excluding steroid dienone is 1. The summed E-state index contributed by atoms with van der Waals surface area (Å²) in [6.07, 6.45) is 5.63. The number of hydrogen-bond acceptors (Lipinski definition) is 5. The summed E-state index contributed by atoms with van der Waals surface area (Å²) in [7, 11) is 1.36. The van der Waals surface area contributed by atoms with Gasteiger partial charge in [-0.3, -0.25) is 4.79 Å². The molecule has 2 aliphatic heterocycles. The van der Waals surface area contributed by atoms with Crippen molar-refractivity contribution in [3.8, 4) is 11.9 Å². The van der Waals surface area contributed by atoms with Crippen molar-refractivity contribution in [2.24, 2.45) is 10.9 Å². The van der Waals surface area contributed by atoms with E-state index < -0.39 is 11.6 Å². The molecule has 1 fully saturated rings. The molecule has 0 spiro atoms. The van der Waals surface area contributed by atoms with Gasteiger partial charge in [-0.15, -0.1) is 0 Å². The molecular weight excluding hydrogens is 438 g/mol. The van der Waals surface area contributed by atoms with Gasteiger partial charge in [-0.1, -0.05) is 6.07 Å². The second-order valence-corrected chi connectivity index (χ2v) is 8.61. The minimum absolute atomic E-state index is 0.0482. The van der Waals surface area contributed by atoms with E-state index in [-0.39, 0.29) is 23.3 Å². The molecular formula is C26H26F2N4O2. The molecule has 0 aliphatic carbocycles. The summed E-state index contributed by atoms with van der Waals surface area (Å²) in [6.45, 7) is 3.28. The number of piperidine rings is 1. The van der Waals surface area contributed by atoms with Gasteiger partial charge in [-0.2, -0.15) is 5.26 Å². The number of nitriles is 1. The third kappa shape index (κ3) is 4.69. The van der Waals surface area contributed by atoms with Crippen LogP contribution in [-0.4, -0.2) is 41.7 Å². The molecule has 1 atom stereocenters. The predicted octanol–water partition coefficient (Wildman–Crippen LogP) is 4.58. The fourth-order valence-electron chi connectivity index (χ4n) is 4.57. The number of halogens is 2. The molecule has 1 amide bonds. The first-order chi connectivity index (χ1) is 16.4. The van der Waals surface area contributed by atoms with Crippen molar-refractivity contribution in [3.05, 3.63) is 70.1 Å². The van der Waals surface area contributed by atoms with Gasteiger partial charge in [0.1, 0.15) is 17.6 Å². The lowest BCUT2D eigenvalue weighted by atomic mass is 9.86. The normalized spacial score (nSPS) is 18.0. The quantitative estimate of drug-likeness (QED) is 0.627. The highest BCUT2D eigenvalue weighted by Gasteiger charge is 2.33. The number of aryl methyl sites for hydroxylation is 1. The van der Waals surface area contributed by atoms with Crippen LogP contribution in [0.15, 0.2) is 46.7 Å². The molecule has 2 aliphatic rings. The van der Waals surface area contributed by atoms with Crippen LogP contribution in [0.4, 0.5) is 8.78 Å². The third-order valence-corrected chi connectivity index (χ3v) is 6.47. The summed E-state index contributed by atoms with van der Waals surface area (Å²) in [4.78, 5) is 23.8. The fraction of sp³-hybridized carbons (Fsp3) is 0.385. The summed E-state index contributed by atoms with van der Waals surface area (Å²) in [5.74, 6) is -1.59. The zero-order valence-electron chi connectivity index (χ0n) is 19.3. The summed E-state index contributed by atoms with van der Waals surface area (Å²) in [5.41, 5.74) is 2.97. The number of nitrogens with zero attached hydrogens (tertiary/aromatic N) is 4. The number of methoxy groups -OCH3 is 1. The van der Waals surface area contributed by atoms with Crippen LogP contribution >= 0.6 is 0 Å². The minimum atomic E-state index is -0.628. The van der Waals surface area contributed by atoms with E-state index in [9.17, 15) is 13.6 Å². The van der Waals surface area contributed by atoms with E-state index in [2.05, 4.69) is 4.98 Å². The van der Waals surface area contributed by atoms with Crippen LogP contribution in [0, 0.1) is 28.9 Å².